The van der Waals surface area contributed by atoms with Gasteiger partial charge in [0.05, 0.1) is 33.4 Å². The quantitative estimate of drug-likeness (QED) is 0.401. The molecule has 12 heteroatoms. The predicted molar refractivity (Wildman–Crippen MR) is 196 cm³/mol. The number of hydrogen-bond donors (Lipinski definition) is 2. The fourth-order valence-corrected chi connectivity index (χ4v) is 7.16. The normalized spacial score (nSPS) is 25.2. The minimum Gasteiger partial charge on any atom is -0.497 e. The molecule has 2 aliphatic rings. The van der Waals surface area contributed by atoms with Crippen LogP contribution >= 0.6 is 0 Å². The Balaban J connectivity index is 1.63. The highest BCUT2D eigenvalue weighted by Crippen LogP contribution is 2.37. The van der Waals surface area contributed by atoms with E-state index in [2.05, 4.69) is 35.8 Å². The molecule has 0 aliphatic carbocycles. The minimum absolute atomic E-state index is 0.0370. The Morgan fingerprint density at radius 1 is 0.882 bits per heavy atom. The van der Waals surface area contributed by atoms with Crippen molar-refractivity contribution in [2.24, 2.45) is 11.8 Å². The monoisotopic (exact) mass is 712 g/mol. The van der Waals surface area contributed by atoms with Crippen LogP contribution in [0.1, 0.15) is 50.8 Å². The van der Waals surface area contributed by atoms with E-state index in [1.807, 2.05) is 41.3 Å². The maximum Gasteiger partial charge on any atom is 0.237 e. The molecule has 2 saturated heterocycles. The average molecular weight is 713 g/mol. The van der Waals surface area contributed by atoms with E-state index in [0.717, 1.165) is 44.0 Å². The second kappa shape index (κ2) is 20.1. The van der Waals surface area contributed by atoms with Gasteiger partial charge in [-0.2, -0.15) is 0 Å². The molecule has 5 atom stereocenters. The van der Waals surface area contributed by atoms with Crippen molar-refractivity contribution in [1.29, 1.82) is 0 Å². The summed E-state index contributed by atoms with van der Waals surface area (Å²) in [6.07, 6.45) is -1.90. The number of aliphatic hydroxyl groups excluding tert-OH is 2. The highest BCUT2D eigenvalue weighted by atomic mass is 16.5. The molecule has 12 nitrogen and oxygen atoms in total. The molecule has 2 fully saturated rings. The van der Waals surface area contributed by atoms with Crippen molar-refractivity contribution < 1.29 is 38.7 Å². The zero-order chi connectivity index (χ0) is 36.9. The number of carbonyl (C=O) groups is 2. The van der Waals surface area contributed by atoms with Crippen LogP contribution in [-0.2, 0) is 25.6 Å². The van der Waals surface area contributed by atoms with Crippen LogP contribution in [0.15, 0.2) is 48.5 Å². The first-order valence-corrected chi connectivity index (χ1v) is 18.3. The summed E-state index contributed by atoms with van der Waals surface area (Å²) >= 11 is 0. The van der Waals surface area contributed by atoms with Gasteiger partial charge in [0.25, 0.3) is 0 Å². The van der Waals surface area contributed by atoms with Crippen LogP contribution in [0, 0.1) is 11.8 Å². The number of benzene rings is 2. The van der Waals surface area contributed by atoms with E-state index in [0.29, 0.717) is 38.3 Å². The number of amides is 2. The summed E-state index contributed by atoms with van der Waals surface area (Å²) in [6.45, 7) is 11.3. The Labute approximate surface area is 304 Å². The molecule has 4 rings (SSSR count). The van der Waals surface area contributed by atoms with E-state index < -0.39 is 18.3 Å². The van der Waals surface area contributed by atoms with E-state index in [1.54, 1.807) is 19.1 Å². The van der Waals surface area contributed by atoms with Gasteiger partial charge in [-0.05, 0) is 54.2 Å². The summed E-state index contributed by atoms with van der Waals surface area (Å²) in [5, 5.41) is 21.7. The number of aliphatic hydroxyl groups is 2. The molecule has 2 N–H and O–H groups in total. The number of nitrogens with zero attached hydrogens (tertiary/aromatic N) is 4. The van der Waals surface area contributed by atoms with Crippen molar-refractivity contribution in [2.45, 2.75) is 64.5 Å². The van der Waals surface area contributed by atoms with Crippen molar-refractivity contribution in [2.75, 3.05) is 86.9 Å². The zero-order valence-corrected chi connectivity index (χ0v) is 31.4. The van der Waals surface area contributed by atoms with E-state index in [4.69, 9.17) is 18.9 Å². The van der Waals surface area contributed by atoms with E-state index in [9.17, 15) is 19.8 Å². The summed E-state index contributed by atoms with van der Waals surface area (Å²) in [7, 11) is 4.78. The zero-order valence-electron chi connectivity index (χ0n) is 31.4. The third kappa shape index (κ3) is 11.6. The van der Waals surface area contributed by atoms with Gasteiger partial charge >= 0.3 is 0 Å². The Bertz CT molecular complexity index is 1370. The molecule has 284 valence electrons. The summed E-state index contributed by atoms with van der Waals surface area (Å²) in [5.74, 6) is 1.29. The molecule has 2 aromatic rings. The Morgan fingerprint density at radius 2 is 1.55 bits per heavy atom. The molecule has 0 spiro atoms. The fraction of sp³-hybridized carbons (Fsp3) is 0.641. The lowest BCUT2D eigenvalue weighted by molar-refractivity contribution is -0.140. The summed E-state index contributed by atoms with van der Waals surface area (Å²) in [4.78, 5) is 36.2. The molecule has 51 heavy (non-hydrogen) atoms. The van der Waals surface area contributed by atoms with Gasteiger partial charge in [-0.15, -0.1) is 0 Å². The number of piperazine rings is 1. The van der Waals surface area contributed by atoms with Gasteiger partial charge in [0, 0.05) is 78.9 Å². The van der Waals surface area contributed by atoms with E-state index in [1.165, 1.54) is 19.6 Å². The Kier molecular flexibility index (Phi) is 16.0. The van der Waals surface area contributed by atoms with Gasteiger partial charge in [-0.25, -0.2) is 0 Å². The highest BCUT2D eigenvalue weighted by Gasteiger charge is 2.38. The van der Waals surface area contributed by atoms with Crippen molar-refractivity contribution in [3.8, 4) is 11.5 Å². The number of rotatable bonds is 9. The van der Waals surface area contributed by atoms with Crippen LogP contribution in [0.2, 0.25) is 0 Å². The molecule has 0 unspecified atom stereocenters. The molecule has 2 heterocycles. The largest absolute Gasteiger partial charge is 0.497 e. The lowest BCUT2D eigenvalue weighted by atomic mass is 9.82. The standard InChI is InChI=1S/C39H60N4O8/c1-28(2)34-24-42(29(3)44)25-36(50-6)39(47)35(45)27-51-20-8-7-15-43(38(34)31-12-10-14-33(22-31)49-5)37(46)26-41-18-16-40(17-19-41)23-30-11-9-13-32(21-30)48-4/h9-14,21-22,28,34-36,38-39,45,47H,7-8,15-20,23-27H2,1-6H3/t34-,35+,36+,38-,39+/m0/s1. The van der Waals surface area contributed by atoms with Crippen LogP contribution in [0.4, 0.5) is 0 Å². The average Bonchev–Trinajstić information content (AvgIpc) is 3.13. The molecule has 0 saturated carbocycles. The predicted octanol–water partition coefficient (Wildman–Crippen LogP) is 3.06. The number of hydrogen-bond acceptors (Lipinski definition) is 10. The second-order valence-corrected chi connectivity index (χ2v) is 14.2. The topological polar surface area (TPSA) is 124 Å². The van der Waals surface area contributed by atoms with E-state index >= 15 is 0 Å². The Hall–Kier alpha value is -3.26. The van der Waals surface area contributed by atoms with Crippen LogP contribution < -0.4 is 9.47 Å². The maximum absolute atomic E-state index is 14.6. The van der Waals surface area contributed by atoms with Crippen molar-refractivity contribution >= 4 is 11.8 Å². The third-order valence-corrected chi connectivity index (χ3v) is 10.3. The smallest absolute Gasteiger partial charge is 0.237 e. The fourth-order valence-electron chi connectivity index (χ4n) is 7.16. The van der Waals surface area contributed by atoms with Crippen LogP contribution in [0.25, 0.3) is 0 Å². The number of carbonyl (C=O) groups excluding carboxylic acids is 2. The lowest BCUT2D eigenvalue weighted by Gasteiger charge is -2.43. The first kappa shape index (κ1) is 40.5. The van der Waals surface area contributed by atoms with Gasteiger partial charge in [0.2, 0.25) is 11.8 Å². The summed E-state index contributed by atoms with van der Waals surface area (Å²) in [5.41, 5.74) is 2.14. The maximum atomic E-state index is 14.6. The van der Waals surface area contributed by atoms with Crippen LogP contribution in [-0.4, -0.2) is 147 Å². The first-order chi connectivity index (χ1) is 24.5. The van der Waals surface area contributed by atoms with Gasteiger partial charge in [0.1, 0.15) is 29.8 Å². The third-order valence-electron chi connectivity index (χ3n) is 10.3. The van der Waals surface area contributed by atoms with Gasteiger partial charge < -0.3 is 39.0 Å². The first-order valence-electron chi connectivity index (χ1n) is 18.3. The number of methoxy groups -OCH3 is 3. The molecule has 2 aromatic carbocycles. The molecule has 0 bridgehead atoms. The van der Waals surface area contributed by atoms with Crippen molar-refractivity contribution in [3.63, 3.8) is 0 Å². The summed E-state index contributed by atoms with van der Waals surface area (Å²) < 4.78 is 22.4. The molecule has 2 aliphatic heterocycles. The highest BCUT2D eigenvalue weighted by molar-refractivity contribution is 5.79. The molecule has 0 radical (unpaired) electrons. The minimum atomic E-state index is -1.25. The lowest BCUT2D eigenvalue weighted by Crippen LogP contribution is -2.53. The van der Waals surface area contributed by atoms with Crippen LogP contribution in [0.5, 0.6) is 11.5 Å². The number of ether oxygens (including phenoxy) is 4. The van der Waals surface area contributed by atoms with Gasteiger partial charge in [-0.3, -0.25) is 19.4 Å². The SMILES string of the molecule is COc1cccc(CN2CCN(CC(=O)N3CCCCOC[C@@H](O)[C@@H](O)[C@H](OC)CN(C(C)=O)C[C@@H](C(C)C)[C@@H]3c3cccc(OC)c3)CC2)c1. The van der Waals surface area contributed by atoms with Crippen molar-refractivity contribution in [1.82, 2.24) is 19.6 Å². The molecular formula is C39H60N4O8. The molecular weight excluding hydrogens is 652 g/mol. The van der Waals surface area contributed by atoms with Crippen molar-refractivity contribution in [3.05, 3.63) is 59.7 Å². The van der Waals surface area contributed by atoms with Gasteiger partial charge in [-0.1, -0.05) is 38.1 Å². The molecule has 2 amide bonds. The molecule has 0 aromatic heterocycles. The van der Waals surface area contributed by atoms with Crippen LogP contribution in [0.3, 0.4) is 0 Å². The second-order valence-electron chi connectivity index (χ2n) is 14.2. The van der Waals surface area contributed by atoms with Gasteiger partial charge in [0.15, 0.2) is 0 Å². The van der Waals surface area contributed by atoms with E-state index in [-0.39, 0.29) is 49.4 Å². The Morgan fingerprint density at radius 3 is 2.20 bits per heavy atom. The summed E-state index contributed by atoms with van der Waals surface area (Å²) in [6, 6.07) is 15.6.